The highest BCUT2D eigenvalue weighted by atomic mass is 16.6. The van der Waals surface area contributed by atoms with E-state index in [1.54, 1.807) is 65.0 Å². The predicted molar refractivity (Wildman–Crippen MR) is 103 cm³/mol. The van der Waals surface area contributed by atoms with E-state index < -0.39 is 23.5 Å². The van der Waals surface area contributed by atoms with Gasteiger partial charge in [0.15, 0.2) is 0 Å². The molecule has 0 saturated carbocycles. The first kappa shape index (κ1) is 19.6. The maximum atomic E-state index is 12.7. The van der Waals surface area contributed by atoms with Crippen LogP contribution in [0.4, 0.5) is 0 Å². The van der Waals surface area contributed by atoms with Crippen molar-refractivity contribution in [1.29, 1.82) is 0 Å². The fourth-order valence-corrected chi connectivity index (χ4v) is 2.71. The average Bonchev–Trinajstić information content (AvgIpc) is 2.87. The van der Waals surface area contributed by atoms with Gasteiger partial charge in [-0.3, -0.25) is 4.79 Å². The fourth-order valence-electron chi connectivity index (χ4n) is 2.71. The first-order valence-electron chi connectivity index (χ1n) is 8.97. The van der Waals surface area contributed by atoms with Crippen LogP contribution in [0, 0.1) is 5.41 Å². The van der Waals surface area contributed by atoms with E-state index in [-0.39, 0.29) is 17.3 Å². The molecule has 6 nitrogen and oxygen atoms in total. The van der Waals surface area contributed by atoms with Crippen LogP contribution in [-0.2, 0) is 19.1 Å². The van der Waals surface area contributed by atoms with Crippen molar-refractivity contribution in [2.75, 3.05) is 0 Å². The molecule has 0 fully saturated rings. The number of carbonyl (C=O) groups excluding carboxylic acids is 3. The Labute approximate surface area is 163 Å². The van der Waals surface area contributed by atoms with E-state index in [0.29, 0.717) is 22.1 Å². The Morgan fingerprint density at radius 1 is 1.00 bits per heavy atom. The Hall–Kier alpha value is -3.15. The number of cyclic esters (lactones) is 1. The quantitative estimate of drug-likeness (QED) is 0.586. The fraction of sp³-hybridized carbons (Fsp3) is 0.318. The summed E-state index contributed by atoms with van der Waals surface area (Å²) >= 11 is 0. The van der Waals surface area contributed by atoms with Crippen molar-refractivity contribution >= 4 is 28.7 Å². The van der Waals surface area contributed by atoms with Crippen LogP contribution < -0.4 is 4.74 Å². The van der Waals surface area contributed by atoms with Crippen molar-refractivity contribution in [2.45, 2.75) is 40.7 Å². The van der Waals surface area contributed by atoms with E-state index in [1.165, 1.54) is 6.07 Å². The lowest BCUT2D eigenvalue weighted by Crippen LogP contribution is -2.25. The van der Waals surface area contributed by atoms with Crippen molar-refractivity contribution in [2.24, 2.45) is 5.41 Å². The average molecular weight is 382 g/mol. The minimum atomic E-state index is -0.676. The van der Waals surface area contributed by atoms with E-state index in [4.69, 9.17) is 14.2 Å². The maximum absolute atomic E-state index is 12.7. The number of ether oxygens (including phenoxy) is 3. The third-order valence-electron chi connectivity index (χ3n) is 4.55. The molecule has 0 bridgehead atoms. The van der Waals surface area contributed by atoms with Crippen molar-refractivity contribution < 1.29 is 28.6 Å². The Morgan fingerprint density at radius 2 is 1.64 bits per heavy atom. The largest absolute Gasteiger partial charge is 0.452 e. The Kier molecular flexibility index (Phi) is 4.98. The molecule has 1 aliphatic heterocycles. The SMILES string of the molecule is CC1=C(OC(=O)c2ccc(OC(=O)C(C)(C)C)c3ccccc23)C(=O)OC1C. The zero-order valence-electron chi connectivity index (χ0n) is 16.5. The number of carbonyl (C=O) groups is 3. The smallest absolute Gasteiger partial charge is 0.375 e. The summed E-state index contributed by atoms with van der Waals surface area (Å²) in [6.07, 6.45) is -0.425. The lowest BCUT2D eigenvalue weighted by molar-refractivity contribution is -0.143. The van der Waals surface area contributed by atoms with Gasteiger partial charge in [0.1, 0.15) is 11.9 Å². The summed E-state index contributed by atoms with van der Waals surface area (Å²) in [4.78, 5) is 36.9. The van der Waals surface area contributed by atoms with E-state index >= 15 is 0 Å². The van der Waals surface area contributed by atoms with Crippen molar-refractivity contribution in [3.8, 4) is 5.75 Å². The van der Waals surface area contributed by atoms with Crippen molar-refractivity contribution in [1.82, 2.24) is 0 Å². The molecule has 0 aromatic heterocycles. The lowest BCUT2D eigenvalue weighted by atomic mass is 9.97. The molecule has 0 N–H and O–H groups in total. The van der Waals surface area contributed by atoms with Gasteiger partial charge < -0.3 is 14.2 Å². The van der Waals surface area contributed by atoms with E-state index in [2.05, 4.69) is 0 Å². The number of fused-ring (bicyclic) bond motifs is 1. The van der Waals surface area contributed by atoms with E-state index in [1.807, 2.05) is 0 Å². The van der Waals surface area contributed by atoms with Crippen molar-refractivity contribution in [3.63, 3.8) is 0 Å². The molecule has 1 heterocycles. The van der Waals surface area contributed by atoms with Crippen LogP contribution >= 0.6 is 0 Å². The second-order valence-electron chi connectivity index (χ2n) is 7.75. The van der Waals surface area contributed by atoms with Crippen LogP contribution in [0.5, 0.6) is 5.75 Å². The number of esters is 3. The predicted octanol–water partition coefficient (Wildman–Crippen LogP) is 4.17. The Balaban J connectivity index is 1.98. The molecule has 1 atom stereocenters. The molecule has 2 aromatic carbocycles. The summed E-state index contributed by atoms with van der Waals surface area (Å²) in [5.41, 5.74) is 0.166. The molecule has 1 aliphatic rings. The first-order valence-corrected chi connectivity index (χ1v) is 8.97. The van der Waals surface area contributed by atoms with Gasteiger partial charge in [0, 0.05) is 11.0 Å². The van der Waals surface area contributed by atoms with Gasteiger partial charge in [0.25, 0.3) is 0 Å². The molecule has 1 unspecified atom stereocenters. The standard InChI is InChI=1S/C22H22O6/c1-12-13(2)26-20(24)18(12)28-19(23)16-10-11-17(27-21(25)22(3,4)5)15-9-7-6-8-14(15)16/h6-11,13H,1-5H3. The highest BCUT2D eigenvalue weighted by Gasteiger charge is 2.32. The first-order chi connectivity index (χ1) is 13.1. The lowest BCUT2D eigenvalue weighted by Gasteiger charge is -2.18. The van der Waals surface area contributed by atoms with Gasteiger partial charge in [0.2, 0.25) is 5.76 Å². The van der Waals surface area contributed by atoms with Crippen LogP contribution in [0.3, 0.4) is 0 Å². The van der Waals surface area contributed by atoms with Crippen LogP contribution in [0.15, 0.2) is 47.7 Å². The Morgan fingerprint density at radius 3 is 2.21 bits per heavy atom. The summed E-state index contributed by atoms with van der Waals surface area (Å²) < 4.78 is 15.9. The van der Waals surface area contributed by atoms with Gasteiger partial charge >= 0.3 is 17.9 Å². The number of hydrogen-bond donors (Lipinski definition) is 0. The molecule has 2 aromatic rings. The minimum Gasteiger partial charge on any atom is -0.452 e. The number of hydrogen-bond acceptors (Lipinski definition) is 6. The molecule has 3 rings (SSSR count). The molecule has 0 radical (unpaired) electrons. The third-order valence-corrected chi connectivity index (χ3v) is 4.55. The summed E-state index contributed by atoms with van der Waals surface area (Å²) in [7, 11) is 0. The molecule has 146 valence electrons. The second-order valence-corrected chi connectivity index (χ2v) is 7.75. The van der Waals surface area contributed by atoms with E-state index in [0.717, 1.165) is 0 Å². The molecule has 6 heteroatoms. The minimum absolute atomic E-state index is 0.0789. The van der Waals surface area contributed by atoms with Crippen LogP contribution in [0.1, 0.15) is 45.0 Å². The molecule has 0 saturated heterocycles. The topological polar surface area (TPSA) is 78.9 Å². The summed E-state index contributed by atoms with van der Waals surface area (Å²) in [6, 6.07) is 10.1. The number of benzene rings is 2. The monoisotopic (exact) mass is 382 g/mol. The molecule has 0 spiro atoms. The van der Waals surface area contributed by atoms with Gasteiger partial charge in [-0.1, -0.05) is 24.3 Å². The number of rotatable bonds is 3. The van der Waals surface area contributed by atoms with Gasteiger partial charge in [0.05, 0.1) is 11.0 Å². The van der Waals surface area contributed by atoms with Crippen LogP contribution in [-0.4, -0.2) is 24.0 Å². The zero-order chi connectivity index (χ0) is 20.6. The zero-order valence-corrected chi connectivity index (χ0v) is 16.5. The normalized spacial score (nSPS) is 16.9. The molecular weight excluding hydrogens is 360 g/mol. The van der Waals surface area contributed by atoms with Crippen LogP contribution in [0.25, 0.3) is 10.8 Å². The maximum Gasteiger partial charge on any atom is 0.375 e. The molecule has 0 aliphatic carbocycles. The molecular formula is C22H22O6. The van der Waals surface area contributed by atoms with Crippen LogP contribution in [0.2, 0.25) is 0 Å². The second kappa shape index (κ2) is 7.11. The van der Waals surface area contributed by atoms with Gasteiger partial charge in [-0.2, -0.15) is 0 Å². The summed E-state index contributed by atoms with van der Waals surface area (Å²) in [5.74, 6) is -1.43. The van der Waals surface area contributed by atoms with Gasteiger partial charge in [-0.05, 0) is 52.1 Å². The summed E-state index contributed by atoms with van der Waals surface area (Å²) in [6.45, 7) is 8.69. The van der Waals surface area contributed by atoms with Crippen molar-refractivity contribution in [3.05, 3.63) is 53.3 Å². The highest BCUT2D eigenvalue weighted by molar-refractivity contribution is 6.08. The van der Waals surface area contributed by atoms with E-state index in [9.17, 15) is 14.4 Å². The van der Waals surface area contributed by atoms with Gasteiger partial charge in [-0.15, -0.1) is 0 Å². The molecule has 28 heavy (non-hydrogen) atoms. The van der Waals surface area contributed by atoms with Gasteiger partial charge in [-0.25, -0.2) is 9.59 Å². The highest BCUT2D eigenvalue weighted by Crippen LogP contribution is 2.32. The summed E-state index contributed by atoms with van der Waals surface area (Å²) in [5, 5.41) is 1.16. The molecule has 0 amide bonds. The Bertz CT molecular complexity index is 1010. The third kappa shape index (κ3) is 3.63.